The lowest BCUT2D eigenvalue weighted by atomic mass is 9.85. The van der Waals surface area contributed by atoms with Gasteiger partial charge in [-0.15, -0.1) is 0 Å². The number of aromatic nitrogens is 1. The molecule has 0 unspecified atom stereocenters. The zero-order valence-electron chi connectivity index (χ0n) is 24.4. The zero-order chi connectivity index (χ0) is 30.3. The second kappa shape index (κ2) is 11.3. The van der Waals surface area contributed by atoms with Crippen molar-refractivity contribution in [2.24, 2.45) is 0 Å². The molecule has 0 saturated carbocycles. The minimum absolute atomic E-state index is 0.0143. The number of fused-ring (bicyclic) bond motifs is 1. The fourth-order valence-electron chi connectivity index (χ4n) is 4.48. The van der Waals surface area contributed by atoms with Crippen LogP contribution in [0, 0.1) is 0 Å². The summed E-state index contributed by atoms with van der Waals surface area (Å²) in [6.45, 7) is 14.7. The van der Waals surface area contributed by atoms with Crippen molar-refractivity contribution >= 4 is 18.4 Å². The molecule has 0 amide bonds. The number of benzene rings is 1. The van der Waals surface area contributed by atoms with E-state index in [-0.39, 0.29) is 16.4 Å². The number of halogens is 3. The Morgan fingerprint density at radius 3 is 2.27 bits per heavy atom. The summed E-state index contributed by atoms with van der Waals surface area (Å²) in [6, 6.07) is 4.94. The van der Waals surface area contributed by atoms with Crippen molar-refractivity contribution in [3.8, 4) is 5.75 Å². The first-order valence-electron chi connectivity index (χ1n) is 13.3. The first kappa shape index (κ1) is 32.4. The van der Waals surface area contributed by atoms with Crippen molar-refractivity contribution in [1.82, 2.24) is 4.57 Å². The van der Waals surface area contributed by atoms with Gasteiger partial charge >= 0.3 is 6.18 Å². The Balaban J connectivity index is 1.91. The molecule has 1 aromatic carbocycles. The molecule has 2 aromatic rings. The van der Waals surface area contributed by atoms with Crippen LogP contribution >= 0.6 is 0 Å². The van der Waals surface area contributed by atoms with E-state index in [0.717, 1.165) is 36.8 Å². The maximum absolute atomic E-state index is 13.6. The largest absolute Gasteiger partial charge is 0.485 e. The van der Waals surface area contributed by atoms with Crippen LogP contribution in [-0.4, -0.2) is 45.9 Å². The van der Waals surface area contributed by atoms with Crippen molar-refractivity contribution < 1.29 is 34.9 Å². The van der Waals surface area contributed by atoms with Gasteiger partial charge in [0, 0.05) is 24.4 Å². The average Bonchev–Trinajstić information content (AvgIpc) is 2.77. The normalized spacial score (nSPS) is 19.7. The number of hydrogen-bond donors (Lipinski definition) is 0. The SMILES string of the molecule is CC1(C)Oc2ccc(C(F)(F)F)cc2[C@@H](n2ccc(CCCCO[Si](C)(C)C(C)(C)C)cc2=O)[C@@H]1OS(C)(=O)=O. The van der Waals surface area contributed by atoms with Gasteiger partial charge in [-0.1, -0.05) is 20.8 Å². The van der Waals surface area contributed by atoms with Crippen molar-refractivity contribution in [3.05, 3.63) is 63.6 Å². The van der Waals surface area contributed by atoms with Crippen molar-refractivity contribution in [2.75, 3.05) is 12.9 Å². The van der Waals surface area contributed by atoms with Crippen LogP contribution in [0.2, 0.25) is 18.1 Å². The Morgan fingerprint density at radius 2 is 1.73 bits per heavy atom. The van der Waals surface area contributed by atoms with Crippen LogP contribution in [0.1, 0.15) is 70.2 Å². The fourth-order valence-corrected chi connectivity index (χ4v) is 6.28. The van der Waals surface area contributed by atoms with Crippen LogP contribution in [0.5, 0.6) is 5.75 Å². The predicted molar refractivity (Wildman–Crippen MR) is 151 cm³/mol. The third kappa shape index (κ3) is 7.57. The summed E-state index contributed by atoms with van der Waals surface area (Å²) in [5.74, 6) is 0.119. The zero-order valence-corrected chi connectivity index (χ0v) is 26.2. The van der Waals surface area contributed by atoms with Crippen LogP contribution < -0.4 is 10.3 Å². The minimum Gasteiger partial charge on any atom is -0.485 e. The van der Waals surface area contributed by atoms with Gasteiger partial charge in [-0.3, -0.25) is 8.98 Å². The summed E-state index contributed by atoms with van der Waals surface area (Å²) >= 11 is 0. The molecule has 0 bridgehead atoms. The number of nitrogens with zero attached hydrogens (tertiary/aromatic N) is 1. The summed E-state index contributed by atoms with van der Waals surface area (Å²) < 4.78 is 83.8. The monoisotopic (exact) mass is 603 g/mol. The standard InChI is InChI=1S/C28H40F3NO6SSi/c1-26(2,3)40(7,8)36-16-10-9-11-19-14-15-32(23(33)17-19)24-21-18-20(28(29,30)31)12-13-22(21)37-27(4,5)25(24)38-39(6,34)35/h12-15,17-18,24-25H,9-11,16H2,1-8H3/t24-,25+/m1/s1. The van der Waals surface area contributed by atoms with Crippen molar-refractivity contribution in [1.29, 1.82) is 0 Å². The lowest BCUT2D eigenvalue weighted by molar-refractivity contribution is -0.137. The highest BCUT2D eigenvalue weighted by molar-refractivity contribution is 7.86. The molecule has 12 heteroatoms. The molecular formula is C28H40F3NO6SSi. The highest BCUT2D eigenvalue weighted by Gasteiger charge is 2.48. The number of rotatable bonds is 9. The Bertz CT molecular complexity index is 1380. The molecule has 224 valence electrons. The van der Waals surface area contributed by atoms with E-state index in [9.17, 15) is 26.4 Å². The van der Waals surface area contributed by atoms with Gasteiger partial charge in [-0.05, 0) is 81.1 Å². The van der Waals surface area contributed by atoms with Gasteiger partial charge in [-0.25, -0.2) is 0 Å². The number of alkyl halides is 3. The van der Waals surface area contributed by atoms with Gasteiger partial charge in [0.15, 0.2) is 8.32 Å². The maximum atomic E-state index is 13.6. The molecule has 2 heterocycles. The lowest BCUT2D eigenvalue weighted by Crippen LogP contribution is -2.54. The van der Waals surface area contributed by atoms with Crippen LogP contribution in [-0.2, 0) is 31.3 Å². The molecule has 0 radical (unpaired) electrons. The van der Waals surface area contributed by atoms with Crippen LogP contribution in [0.25, 0.3) is 0 Å². The first-order valence-corrected chi connectivity index (χ1v) is 18.0. The number of ether oxygens (including phenoxy) is 1. The summed E-state index contributed by atoms with van der Waals surface area (Å²) in [5, 5.41) is 0.119. The summed E-state index contributed by atoms with van der Waals surface area (Å²) in [7, 11) is -5.90. The minimum atomic E-state index is -4.65. The van der Waals surface area contributed by atoms with E-state index in [0.29, 0.717) is 13.0 Å². The first-order chi connectivity index (χ1) is 18.1. The molecule has 0 N–H and O–H groups in total. The predicted octanol–water partition coefficient (Wildman–Crippen LogP) is 6.32. The van der Waals surface area contributed by atoms with Gasteiger partial charge in [-0.2, -0.15) is 21.6 Å². The molecule has 0 spiro atoms. The molecule has 0 saturated heterocycles. The molecule has 1 aliphatic rings. The fraction of sp³-hybridized carbons (Fsp3) is 0.607. The molecule has 7 nitrogen and oxygen atoms in total. The van der Waals surface area contributed by atoms with E-state index in [1.807, 2.05) is 0 Å². The Kier molecular flexibility index (Phi) is 9.11. The van der Waals surface area contributed by atoms with E-state index in [2.05, 4.69) is 33.9 Å². The summed E-state index contributed by atoms with van der Waals surface area (Å²) in [4.78, 5) is 13.4. The second-order valence-corrected chi connectivity index (χ2v) is 18.9. The number of pyridine rings is 1. The molecule has 2 atom stereocenters. The van der Waals surface area contributed by atoms with Crippen LogP contribution in [0.3, 0.4) is 0 Å². The summed E-state index contributed by atoms with van der Waals surface area (Å²) in [5.41, 5.74) is -1.93. The van der Waals surface area contributed by atoms with Crippen molar-refractivity contribution in [3.63, 3.8) is 0 Å². The average molecular weight is 604 g/mol. The molecule has 3 rings (SSSR count). The van der Waals surface area contributed by atoms with Gasteiger partial charge in [0.25, 0.3) is 15.7 Å². The Labute approximate surface area is 235 Å². The van der Waals surface area contributed by atoms with E-state index in [1.165, 1.54) is 22.9 Å². The lowest BCUT2D eigenvalue weighted by Gasteiger charge is -2.44. The molecular weight excluding hydrogens is 563 g/mol. The second-order valence-electron chi connectivity index (χ2n) is 12.5. The number of aryl methyl sites for hydroxylation is 1. The van der Waals surface area contributed by atoms with Gasteiger partial charge < -0.3 is 13.7 Å². The highest BCUT2D eigenvalue weighted by atomic mass is 32.2. The Hall–Kier alpha value is -2.15. The molecule has 0 aliphatic carbocycles. The van der Waals surface area contributed by atoms with E-state index in [1.54, 1.807) is 19.9 Å². The van der Waals surface area contributed by atoms with Crippen LogP contribution in [0.4, 0.5) is 13.2 Å². The van der Waals surface area contributed by atoms with Crippen molar-refractivity contribution in [2.45, 2.75) is 95.9 Å². The molecule has 40 heavy (non-hydrogen) atoms. The van der Waals surface area contributed by atoms with Crippen LogP contribution in [0.15, 0.2) is 41.3 Å². The molecule has 1 aromatic heterocycles. The maximum Gasteiger partial charge on any atom is 0.416 e. The molecule has 1 aliphatic heterocycles. The third-order valence-corrected chi connectivity index (χ3v) is 12.8. The van der Waals surface area contributed by atoms with Gasteiger partial charge in [0.2, 0.25) is 0 Å². The Morgan fingerprint density at radius 1 is 1.07 bits per heavy atom. The smallest absolute Gasteiger partial charge is 0.416 e. The highest BCUT2D eigenvalue weighted by Crippen LogP contribution is 2.45. The van der Waals surface area contributed by atoms with Gasteiger partial charge in [0.1, 0.15) is 17.5 Å². The van der Waals surface area contributed by atoms with Gasteiger partial charge in [0.05, 0.1) is 17.9 Å². The molecule has 0 fully saturated rings. The number of hydrogen-bond acceptors (Lipinski definition) is 6. The topological polar surface area (TPSA) is 83.8 Å². The number of unbranched alkanes of at least 4 members (excludes halogenated alkanes) is 1. The summed E-state index contributed by atoms with van der Waals surface area (Å²) in [6.07, 6.45) is -1.39. The quantitative estimate of drug-likeness (QED) is 0.190. The third-order valence-electron chi connectivity index (χ3n) is 7.72. The van der Waals surface area contributed by atoms with E-state index < -0.39 is 53.5 Å². The van der Waals surface area contributed by atoms with E-state index in [4.69, 9.17) is 13.3 Å². The van der Waals surface area contributed by atoms with E-state index >= 15 is 0 Å².